The predicted molar refractivity (Wildman–Crippen MR) is 286 cm³/mol. The predicted octanol–water partition coefficient (Wildman–Crippen LogP) is 6.22. The van der Waals surface area contributed by atoms with E-state index >= 15 is 9.59 Å². The number of carbonyl (C=O) groups is 3. The fraction of sp³-hybridized carbons (Fsp3) is 0.440. The van der Waals surface area contributed by atoms with Crippen molar-refractivity contribution < 1.29 is 23.9 Å². The molecule has 4 atom stereocenters. The lowest BCUT2D eigenvalue weighted by molar-refractivity contribution is -0.129. The summed E-state index contributed by atoms with van der Waals surface area (Å²) in [6, 6.07) is 21.1. The molecule has 0 bridgehead atoms. The molecule has 0 radical (unpaired) electrons. The van der Waals surface area contributed by atoms with Crippen molar-refractivity contribution in [2.24, 2.45) is 21.8 Å². The summed E-state index contributed by atoms with van der Waals surface area (Å²) < 4.78 is 18.6. The van der Waals surface area contributed by atoms with Crippen molar-refractivity contribution in [1.82, 2.24) is 39.5 Å². The molecule has 9 rings (SSSR count). The lowest BCUT2D eigenvalue weighted by Gasteiger charge is -2.28. The van der Waals surface area contributed by atoms with Crippen molar-refractivity contribution >= 4 is 88.9 Å². The molecule has 4 aliphatic rings. The number of carbonyl (C=O) groups excluding carboxylic acids is 3. The number of benzene rings is 2. The van der Waals surface area contributed by atoms with Crippen LogP contribution < -0.4 is 32.5 Å². The number of nitrogens with zero attached hydrogens (tertiary/aromatic N) is 6. The van der Waals surface area contributed by atoms with Gasteiger partial charge in [-0.1, -0.05) is 87.8 Å². The third kappa shape index (κ3) is 10.7. The first kappa shape index (κ1) is 51.1. The summed E-state index contributed by atoms with van der Waals surface area (Å²) in [6.07, 6.45) is 3.61. The first-order valence-electron chi connectivity index (χ1n) is 24.0. The van der Waals surface area contributed by atoms with Crippen LogP contribution in [-0.4, -0.2) is 101 Å². The van der Waals surface area contributed by atoms with Crippen LogP contribution in [-0.2, 0) is 53.9 Å². The minimum Gasteiger partial charge on any atom is -0.361 e. The van der Waals surface area contributed by atoms with E-state index in [1.807, 2.05) is 48.5 Å². The Morgan fingerprint density at radius 1 is 0.775 bits per heavy atom. The number of amides is 3. The number of ether oxygens (including phenoxy) is 2. The molecule has 2 aromatic carbocycles. The number of hydrogen-bond donors (Lipinski definition) is 4. The molecule has 1 aliphatic carbocycles. The summed E-state index contributed by atoms with van der Waals surface area (Å²) in [5.74, 6) is -2.41. The number of alkyl halides is 1. The molecule has 376 valence electrons. The Hall–Kier alpha value is -4.84. The molecule has 5 aromatic rings. The maximum absolute atomic E-state index is 15.7. The summed E-state index contributed by atoms with van der Waals surface area (Å²) in [5, 5.41) is 8.88. The van der Waals surface area contributed by atoms with Gasteiger partial charge in [0, 0.05) is 81.2 Å². The van der Waals surface area contributed by atoms with E-state index in [9.17, 15) is 9.59 Å². The molecule has 3 aliphatic heterocycles. The van der Waals surface area contributed by atoms with E-state index in [1.54, 1.807) is 43.1 Å². The Labute approximate surface area is 436 Å². The van der Waals surface area contributed by atoms with Crippen LogP contribution in [0, 0.1) is 11.8 Å². The molecule has 71 heavy (non-hydrogen) atoms. The first-order valence-corrected chi connectivity index (χ1v) is 33.5. The van der Waals surface area contributed by atoms with Crippen LogP contribution in [0.25, 0.3) is 5.57 Å². The van der Waals surface area contributed by atoms with Crippen LogP contribution in [0.2, 0.25) is 51.4 Å². The second-order valence-electron chi connectivity index (χ2n) is 21.3. The average Bonchev–Trinajstić information content (AvgIpc) is 4.03. The van der Waals surface area contributed by atoms with Crippen LogP contribution >= 0.6 is 43.5 Å². The molecule has 21 heteroatoms. The standard InChI is InChI=1S/C50H61Br2ClN10O6Si2/c1-70(2,3)17-15-68-29-60-27-35(51)19-39(60)44(64)54-23-37-38(24-55-45(65)40-20-36(52)28-61(40)30-69-16-18-71(4,5)6)43(53)50(47(67)63-26-34-14-10-8-12-32(34)22-57-49(63)59-50)41(37)42-46(66)62-25-33-13-9-7-11-31(33)21-56-48(62)58-42/h7-14,19-20,27-28,37-38,43H,15-18,21-26,29-30H2,1-6H3,(H,54,64)(H,55,65)(H,56,58)(H,57,59)/b42-41+/t37-,38-,43+,50?/m0/s1. The zero-order chi connectivity index (χ0) is 50.4. The van der Waals surface area contributed by atoms with Gasteiger partial charge >= 0.3 is 0 Å². The van der Waals surface area contributed by atoms with Gasteiger partial charge in [-0.2, -0.15) is 0 Å². The van der Waals surface area contributed by atoms with Gasteiger partial charge < -0.3 is 39.5 Å². The number of halogens is 3. The van der Waals surface area contributed by atoms with Crippen molar-refractivity contribution in [3.8, 4) is 0 Å². The molecule has 1 unspecified atom stereocenters. The van der Waals surface area contributed by atoms with Crippen molar-refractivity contribution in [3.05, 3.63) is 137 Å². The fourth-order valence-corrected chi connectivity index (χ4v) is 12.8. The number of fused-ring (bicyclic) bond motifs is 4. The summed E-state index contributed by atoms with van der Waals surface area (Å²) in [5.41, 5.74) is 3.13. The van der Waals surface area contributed by atoms with E-state index < -0.39 is 56.3 Å². The zero-order valence-electron chi connectivity index (χ0n) is 40.9. The Morgan fingerprint density at radius 3 is 1.86 bits per heavy atom. The third-order valence-corrected chi connectivity index (χ3v) is 18.7. The molecule has 4 N–H and O–H groups in total. The average molecular weight is 1150 g/mol. The molecule has 1 saturated carbocycles. The van der Waals surface area contributed by atoms with Gasteiger partial charge in [0.1, 0.15) is 30.2 Å². The van der Waals surface area contributed by atoms with Gasteiger partial charge in [-0.05, 0) is 78.3 Å². The zero-order valence-corrected chi connectivity index (χ0v) is 46.8. The van der Waals surface area contributed by atoms with Crippen LogP contribution in [0.5, 0.6) is 0 Å². The summed E-state index contributed by atoms with van der Waals surface area (Å²) in [4.78, 5) is 74.5. The first-order chi connectivity index (χ1) is 33.8. The monoisotopic (exact) mass is 1150 g/mol. The van der Waals surface area contributed by atoms with Crippen molar-refractivity contribution in [1.29, 1.82) is 0 Å². The summed E-state index contributed by atoms with van der Waals surface area (Å²) in [6.45, 7) is 16.2. The Bertz CT molecular complexity index is 3100. The van der Waals surface area contributed by atoms with E-state index in [4.69, 9.17) is 31.1 Å². The molecule has 2 fully saturated rings. The molecule has 1 saturated heterocycles. The van der Waals surface area contributed by atoms with Crippen LogP contribution in [0.1, 0.15) is 43.2 Å². The van der Waals surface area contributed by atoms with E-state index in [0.717, 1.165) is 34.3 Å². The Kier molecular flexibility index (Phi) is 14.8. The highest BCUT2D eigenvalue weighted by Crippen LogP contribution is 2.50. The molecular formula is C50H61Br2ClN10O6Si2. The van der Waals surface area contributed by atoms with Gasteiger partial charge in [0.25, 0.3) is 23.3 Å². The van der Waals surface area contributed by atoms with Crippen LogP contribution in [0.15, 0.2) is 96.8 Å². The van der Waals surface area contributed by atoms with Gasteiger partial charge in [0.05, 0.1) is 31.6 Å². The van der Waals surface area contributed by atoms with Gasteiger partial charge in [0.15, 0.2) is 5.54 Å². The highest BCUT2D eigenvalue weighted by atomic mass is 79.9. The summed E-state index contributed by atoms with van der Waals surface area (Å²) in [7, 11) is -2.72. The van der Waals surface area contributed by atoms with Crippen LogP contribution in [0.4, 0.5) is 0 Å². The number of H-pyrrole nitrogens is 1. The smallest absolute Gasteiger partial charge is 0.277 e. The number of guanidine groups is 1. The lowest BCUT2D eigenvalue weighted by atomic mass is 9.88. The van der Waals surface area contributed by atoms with Gasteiger partial charge in [-0.25, -0.2) is 9.98 Å². The van der Waals surface area contributed by atoms with Gasteiger partial charge in [-0.3, -0.25) is 28.6 Å². The quantitative estimate of drug-likeness (QED) is 0.0515. The maximum Gasteiger partial charge on any atom is 0.277 e. The second-order valence-corrected chi connectivity index (χ2v) is 34.8. The van der Waals surface area contributed by atoms with Crippen LogP contribution in [0.3, 0.4) is 0 Å². The number of imidazole rings is 1. The number of aromatic amines is 1. The van der Waals surface area contributed by atoms with E-state index in [1.165, 1.54) is 0 Å². The van der Waals surface area contributed by atoms with Crippen molar-refractivity contribution in [3.63, 3.8) is 0 Å². The minimum atomic E-state index is -1.75. The minimum absolute atomic E-state index is 0.0330. The SMILES string of the molecule is C[Si](C)(C)CCOCn1cc(Br)cc1C(=O)NC[C@H]1[C@H](CNC(=O)c2cc(Br)cn2COCC[Si](C)(C)C)/C(=c2\[nH]c3n(c2=O)Cc2ccccc2CN=3)C2(NC3=NCc4ccccc4CN3C2=O)[C@@H]1Cl. The van der Waals surface area contributed by atoms with Gasteiger partial charge in [0.2, 0.25) is 11.6 Å². The number of aliphatic imine (C=N–C) groups is 1. The number of hydrogen-bond acceptors (Lipinski definition) is 9. The summed E-state index contributed by atoms with van der Waals surface area (Å²) >= 11 is 15.0. The molecule has 3 amide bonds. The normalized spacial score (nSPS) is 21.4. The lowest BCUT2D eigenvalue weighted by Crippen LogP contribution is -2.56. The molecule has 16 nitrogen and oxygen atoms in total. The second kappa shape index (κ2) is 20.6. The Balaban J connectivity index is 1.12. The van der Waals surface area contributed by atoms with E-state index in [2.05, 4.69) is 92.1 Å². The third-order valence-electron chi connectivity index (χ3n) is 13.8. The van der Waals surface area contributed by atoms with E-state index in [-0.39, 0.29) is 50.9 Å². The number of aromatic nitrogens is 4. The topological polar surface area (TPSA) is 181 Å². The number of rotatable bonds is 16. The fourth-order valence-electron chi connectivity index (χ4n) is 9.84. The molecular weight excluding hydrogens is 1090 g/mol. The Morgan fingerprint density at radius 2 is 1.30 bits per heavy atom. The van der Waals surface area contributed by atoms with Crippen molar-refractivity contribution in [2.45, 2.75) is 102 Å². The molecule has 6 heterocycles. The number of nitrogens with one attached hydrogen (secondary N) is 4. The van der Waals surface area contributed by atoms with Gasteiger partial charge in [-0.15, -0.1) is 11.6 Å². The van der Waals surface area contributed by atoms with E-state index in [0.29, 0.717) is 63.8 Å². The largest absolute Gasteiger partial charge is 0.361 e. The highest BCUT2D eigenvalue weighted by molar-refractivity contribution is 9.10. The highest BCUT2D eigenvalue weighted by Gasteiger charge is 2.66. The van der Waals surface area contributed by atoms with Crippen molar-refractivity contribution in [2.75, 3.05) is 26.3 Å². The maximum atomic E-state index is 15.7. The molecule has 1 spiro atoms. The molecule has 3 aromatic heterocycles.